The first-order valence-electron chi connectivity index (χ1n) is 6.72. The highest BCUT2D eigenvalue weighted by Gasteiger charge is 2.12. The summed E-state index contributed by atoms with van der Waals surface area (Å²) in [6.45, 7) is 6.25. The summed E-state index contributed by atoms with van der Waals surface area (Å²) in [5, 5.41) is 0. The first-order valence-corrected chi connectivity index (χ1v) is 6.72. The first-order chi connectivity index (χ1) is 9.65. The molecule has 2 rings (SSSR count). The Morgan fingerprint density at radius 1 is 1.35 bits per heavy atom. The molecule has 5 nitrogen and oxygen atoms in total. The Hall–Kier alpha value is -2.14. The van der Waals surface area contributed by atoms with Gasteiger partial charge < -0.3 is 4.74 Å². The van der Waals surface area contributed by atoms with Gasteiger partial charge in [0.25, 0.3) is 0 Å². The van der Waals surface area contributed by atoms with Crippen LogP contribution in [0, 0.1) is 6.92 Å². The average molecular weight is 272 g/mol. The Morgan fingerprint density at radius 3 is 2.80 bits per heavy atom. The monoisotopic (exact) mass is 272 g/mol. The summed E-state index contributed by atoms with van der Waals surface area (Å²) in [6, 6.07) is 8.02. The summed E-state index contributed by atoms with van der Waals surface area (Å²) < 4.78 is 5.96. The molecule has 0 amide bonds. The van der Waals surface area contributed by atoms with Crippen LogP contribution in [0.5, 0.6) is 11.6 Å². The number of hydrogen-bond donors (Lipinski definition) is 2. The molecule has 0 aliphatic carbocycles. The Bertz CT molecular complexity index is 586. The van der Waals surface area contributed by atoms with Crippen LogP contribution in [0.2, 0.25) is 0 Å². The van der Waals surface area contributed by atoms with Crippen LogP contribution in [-0.2, 0) is 0 Å². The van der Waals surface area contributed by atoms with Crippen LogP contribution in [0.4, 0.5) is 5.95 Å². The third-order valence-electron chi connectivity index (χ3n) is 3.32. The minimum absolute atomic E-state index is 0.339. The third kappa shape index (κ3) is 3.05. The Kier molecular flexibility index (Phi) is 4.53. The van der Waals surface area contributed by atoms with Gasteiger partial charge in [0, 0.05) is 11.8 Å². The number of anilines is 1. The second kappa shape index (κ2) is 6.34. The van der Waals surface area contributed by atoms with Crippen molar-refractivity contribution in [2.45, 2.75) is 33.1 Å². The lowest BCUT2D eigenvalue weighted by Crippen LogP contribution is -2.11. The van der Waals surface area contributed by atoms with E-state index < -0.39 is 0 Å². The number of aromatic nitrogens is 2. The molecule has 1 heterocycles. The summed E-state index contributed by atoms with van der Waals surface area (Å²) in [5.41, 5.74) is 4.47. The van der Waals surface area contributed by atoms with Gasteiger partial charge in [0.2, 0.25) is 11.8 Å². The Morgan fingerprint density at radius 2 is 2.10 bits per heavy atom. The van der Waals surface area contributed by atoms with Crippen molar-refractivity contribution in [3.63, 3.8) is 0 Å². The van der Waals surface area contributed by atoms with Gasteiger partial charge in [0.15, 0.2) is 0 Å². The van der Waals surface area contributed by atoms with E-state index in [9.17, 15) is 0 Å². The normalized spacial score (nSPS) is 12.0. The quantitative estimate of drug-likeness (QED) is 0.645. The zero-order valence-corrected chi connectivity index (χ0v) is 12.1. The number of nitrogens with two attached hydrogens (primary N) is 1. The van der Waals surface area contributed by atoms with Crippen molar-refractivity contribution in [2.24, 2.45) is 5.84 Å². The van der Waals surface area contributed by atoms with Gasteiger partial charge >= 0.3 is 0 Å². The maximum absolute atomic E-state index is 5.96. The molecule has 20 heavy (non-hydrogen) atoms. The van der Waals surface area contributed by atoms with E-state index >= 15 is 0 Å². The predicted molar refractivity (Wildman–Crippen MR) is 79.8 cm³/mol. The summed E-state index contributed by atoms with van der Waals surface area (Å²) >= 11 is 0. The molecule has 0 saturated heterocycles. The molecule has 5 heteroatoms. The molecule has 0 spiro atoms. The molecule has 0 bridgehead atoms. The number of rotatable bonds is 5. The molecular weight excluding hydrogens is 252 g/mol. The fraction of sp³-hybridized carbons (Fsp3) is 0.333. The zero-order chi connectivity index (χ0) is 14.5. The smallest absolute Gasteiger partial charge is 0.240 e. The molecule has 1 aromatic carbocycles. The second-order valence-corrected chi connectivity index (χ2v) is 4.78. The standard InChI is InChI=1S/C15H20N4O/c1-4-10(2)12-7-5-6-8-13(12)20-14-11(3)9-17-15(18-14)19-16/h5-10H,4,16H2,1-3H3,(H,17,18,19). The lowest BCUT2D eigenvalue weighted by atomic mass is 9.98. The molecule has 3 N–H and O–H groups in total. The van der Waals surface area contributed by atoms with Gasteiger partial charge in [-0.25, -0.2) is 10.8 Å². The van der Waals surface area contributed by atoms with Crippen molar-refractivity contribution >= 4 is 5.95 Å². The number of nitrogens with zero attached hydrogens (tertiary/aromatic N) is 2. The molecule has 0 radical (unpaired) electrons. The summed E-state index contributed by atoms with van der Waals surface area (Å²) in [4.78, 5) is 8.29. The van der Waals surface area contributed by atoms with E-state index in [1.807, 2.05) is 25.1 Å². The lowest BCUT2D eigenvalue weighted by Gasteiger charge is -2.16. The van der Waals surface area contributed by atoms with Crippen molar-refractivity contribution in [1.29, 1.82) is 0 Å². The highest BCUT2D eigenvalue weighted by molar-refractivity contribution is 5.41. The van der Waals surface area contributed by atoms with Gasteiger partial charge in [-0.15, -0.1) is 0 Å². The fourth-order valence-electron chi connectivity index (χ4n) is 1.90. The molecule has 0 aliphatic heterocycles. The number of para-hydroxylation sites is 1. The van der Waals surface area contributed by atoms with Crippen LogP contribution < -0.4 is 16.0 Å². The van der Waals surface area contributed by atoms with Crippen LogP contribution in [0.1, 0.15) is 37.3 Å². The maximum atomic E-state index is 5.96. The van der Waals surface area contributed by atoms with E-state index in [0.717, 1.165) is 17.7 Å². The lowest BCUT2D eigenvalue weighted by molar-refractivity contribution is 0.447. The van der Waals surface area contributed by atoms with Crippen molar-refractivity contribution in [2.75, 3.05) is 5.43 Å². The fourth-order valence-corrected chi connectivity index (χ4v) is 1.90. The predicted octanol–water partition coefficient (Wildman–Crippen LogP) is 3.38. The van der Waals surface area contributed by atoms with Gasteiger partial charge in [-0.3, -0.25) is 5.43 Å². The van der Waals surface area contributed by atoms with Gasteiger partial charge in [-0.2, -0.15) is 4.98 Å². The minimum atomic E-state index is 0.339. The van der Waals surface area contributed by atoms with E-state index in [4.69, 9.17) is 10.6 Å². The van der Waals surface area contributed by atoms with Gasteiger partial charge in [0.05, 0.1) is 0 Å². The second-order valence-electron chi connectivity index (χ2n) is 4.78. The van der Waals surface area contributed by atoms with E-state index in [1.165, 1.54) is 5.56 Å². The minimum Gasteiger partial charge on any atom is -0.438 e. The largest absolute Gasteiger partial charge is 0.438 e. The Labute approximate surface area is 119 Å². The number of benzene rings is 1. The first kappa shape index (κ1) is 14.3. The third-order valence-corrected chi connectivity index (χ3v) is 3.32. The van der Waals surface area contributed by atoms with Crippen LogP contribution >= 0.6 is 0 Å². The number of aryl methyl sites for hydroxylation is 1. The van der Waals surface area contributed by atoms with Gasteiger partial charge in [0.1, 0.15) is 5.75 Å². The number of nitrogens with one attached hydrogen (secondary N) is 1. The molecule has 1 aromatic heterocycles. The highest BCUT2D eigenvalue weighted by atomic mass is 16.5. The van der Waals surface area contributed by atoms with E-state index in [-0.39, 0.29) is 0 Å². The topological polar surface area (TPSA) is 73.1 Å². The van der Waals surface area contributed by atoms with Crippen molar-refractivity contribution in [3.05, 3.63) is 41.6 Å². The maximum Gasteiger partial charge on any atom is 0.240 e. The molecule has 2 aromatic rings. The van der Waals surface area contributed by atoms with Crippen molar-refractivity contribution in [3.8, 4) is 11.6 Å². The SMILES string of the molecule is CCC(C)c1ccccc1Oc1nc(NN)ncc1C. The van der Waals surface area contributed by atoms with E-state index in [0.29, 0.717) is 17.7 Å². The summed E-state index contributed by atoms with van der Waals surface area (Å²) in [6.07, 6.45) is 2.74. The number of hydrogen-bond acceptors (Lipinski definition) is 5. The van der Waals surface area contributed by atoms with E-state index in [1.54, 1.807) is 6.20 Å². The molecule has 1 atom stereocenters. The van der Waals surface area contributed by atoms with Crippen LogP contribution in [0.25, 0.3) is 0 Å². The highest BCUT2D eigenvalue weighted by Crippen LogP contribution is 2.32. The molecule has 0 fully saturated rings. The molecular formula is C15H20N4O. The molecule has 0 aliphatic rings. The van der Waals surface area contributed by atoms with E-state index in [2.05, 4.69) is 35.3 Å². The van der Waals surface area contributed by atoms with Crippen molar-refractivity contribution in [1.82, 2.24) is 9.97 Å². The number of hydrazine groups is 1. The number of nitrogen functional groups attached to an aromatic ring is 1. The van der Waals surface area contributed by atoms with Crippen LogP contribution in [0.15, 0.2) is 30.5 Å². The van der Waals surface area contributed by atoms with Crippen LogP contribution in [-0.4, -0.2) is 9.97 Å². The summed E-state index contributed by atoms with van der Waals surface area (Å²) in [7, 11) is 0. The Balaban J connectivity index is 2.35. The van der Waals surface area contributed by atoms with Crippen molar-refractivity contribution < 1.29 is 4.74 Å². The summed E-state index contributed by atoms with van der Waals surface area (Å²) in [5.74, 6) is 7.44. The number of ether oxygens (including phenoxy) is 1. The van der Waals surface area contributed by atoms with Crippen LogP contribution in [0.3, 0.4) is 0 Å². The van der Waals surface area contributed by atoms with Gasteiger partial charge in [-0.1, -0.05) is 32.0 Å². The zero-order valence-electron chi connectivity index (χ0n) is 12.1. The molecule has 1 unspecified atom stereocenters. The van der Waals surface area contributed by atoms with Gasteiger partial charge in [-0.05, 0) is 30.9 Å². The molecule has 0 saturated carbocycles. The average Bonchev–Trinajstić information content (AvgIpc) is 2.49. The molecule has 106 valence electrons.